The number of carbonyl (C=O) groups is 2. The highest BCUT2D eigenvalue weighted by atomic mass is 16.5. The van der Waals surface area contributed by atoms with Crippen LogP contribution in [0.5, 0.6) is 0 Å². The van der Waals surface area contributed by atoms with Gasteiger partial charge in [0.15, 0.2) is 0 Å². The van der Waals surface area contributed by atoms with Crippen molar-refractivity contribution in [2.45, 2.75) is 19.0 Å². The average molecular weight is 286 g/mol. The van der Waals surface area contributed by atoms with Crippen LogP contribution in [0.15, 0.2) is 36.5 Å². The Balaban J connectivity index is 1.62. The second-order valence-electron chi connectivity index (χ2n) is 4.74. The van der Waals surface area contributed by atoms with Gasteiger partial charge in [0.25, 0.3) is 0 Å². The molecule has 7 nitrogen and oxygen atoms in total. The normalized spacial score (nSPS) is 17.5. The summed E-state index contributed by atoms with van der Waals surface area (Å²) in [6.45, 7) is 0.370. The summed E-state index contributed by atoms with van der Waals surface area (Å²) in [6, 6.07) is 9.03. The molecule has 1 amide bonds. The van der Waals surface area contributed by atoms with Gasteiger partial charge in [0, 0.05) is 12.0 Å². The van der Waals surface area contributed by atoms with Crippen LogP contribution in [0.4, 0.5) is 0 Å². The maximum absolute atomic E-state index is 11.9. The molecule has 1 atom stereocenters. The number of benzene rings is 1. The molecule has 0 bridgehead atoms. The van der Waals surface area contributed by atoms with Gasteiger partial charge in [0.2, 0.25) is 5.91 Å². The third-order valence-electron chi connectivity index (χ3n) is 3.18. The van der Waals surface area contributed by atoms with Gasteiger partial charge in [-0.2, -0.15) is 0 Å². The number of nitrogens with one attached hydrogen (secondary N) is 1. The molecule has 21 heavy (non-hydrogen) atoms. The van der Waals surface area contributed by atoms with Crippen LogP contribution < -0.4 is 5.32 Å². The van der Waals surface area contributed by atoms with Crippen molar-refractivity contribution in [1.82, 2.24) is 20.3 Å². The van der Waals surface area contributed by atoms with Crippen LogP contribution in [0.25, 0.3) is 11.3 Å². The summed E-state index contributed by atoms with van der Waals surface area (Å²) in [7, 11) is 0. The Morgan fingerprint density at radius 1 is 1.38 bits per heavy atom. The SMILES string of the molecule is O=C(Cn1cc(-c2ccccc2)nn1)N[C@H]1CCOC1=O. The number of hydrogen-bond donors (Lipinski definition) is 1. The van der Waals surface area contributed by atoms with E-state index in [2.05, 4.69) is 15.6 Å². The molecule has 0 radical (unpaired) electrons. The number of cyclic esters (lactones) is 1. The van der Waals surface area contributed by atoms with Crippen LogP contribution in [0.3, 0.4) is 0 Å². The zero-order valence-electron chi connectivity index (χ0n) is 11.2. The summed E-state index contributed by atoms with van der Waals surface area (Å²) < 4.78 is 6.23. The third kappa shape index (κ3) is 3.07. The summed E-state index contributed by atoms with van der Waals surface area (Å²) in [6.07, 6.45) is 2.21. The minimum atomic E-state index is -0.547. The van der Waals surface area contributed by atoms with E-state index in [4.69, 9.17) is 4.74 Å². The van der Waals surface area contributed by atoms with E-state index in [1.165, 1.54) is 4.68 Å². The number of carbonyl (C=O) groups excluding carboxylic acids is 2. The van der Waals surface area contributed by atoms with Crippen molar-refractivity contribution in [2.75, 3.05) is 6.61 Å². The molecule has 1 aliphatic rings. The molecular weight excluding hydrogens is 272 g/mol. The molecule has 1 fully saturated rings. The molecule has 1 aliphatic heterocycles. The molecule has 0 aliphatic carbocycles. The van der Waals surface area contributed by atoms with Crippen molar-refractivity contribution in [3.63, 3.8) is 0 Å². The summed E-state index contributed by atoms with van der Waals surface area (Å²) in [5.74, 6) is -0.671. The maximum Gasteiger partial charge on any atom is 0.328 e. The summed E-state index contributed by atoms with van der Waals surface area (Å²) >= 11 is 0. The number of hydrogen-bond acceptors (Lipinski definition) is 5. The lowest BCUT2D eigenvalue weighted by Gasteiger charge is -2.08. The van der Waals surface area contributed by atoms with Crippen LogP contribution >= 0.6 is 0 Å². The summed E-state index contributed by atoms with van der Waals surface area (Å²) in [4.78, 5) is 23.1. The molecule has 2 heterocycles. The second kappa shape index (κ2) is 5.74. The number of amides is 1. The Labute approximate surface area is 120 Å². The standard InChI is InChI=1S/C14H14N4O3/c19-13(15-11-6-7-21-14(11)20)9-18-8-12(16-17-18)10-4-2-1-3-5-10/h1-5,8,11H,6-7,9H2,(H,15,19)/t11-/m0/s1. The molecule has 0 spiro atoms. The van der Waals surface area contributed by atoms with Crippen molar-refractivity contribution >= 4 is 11.9 Å². The monoisotopic (exact) mass is 286 g/mol. The molecule has 0 unspecified atom stereocenters. The fourth-order valence-electron chi connectivity index (χ4n) is 2.13. The Morgan fingerprint density at radius 2 is 2.19 bits per heavy atom. The van der Waals surface area contributed by atoms with E-state index in [0.717, 1.165) is 5.56 Å². The van der Waals surface area contributed by atoms with Crippen molar-refractivity contribution in [3.05, 3.63) is 36.5 Å². The number of aromatic nitrogens is 3. The van der Waals surface area contributed by atoms with Crippen LogP contribution in [-0.2, 0) is 20.9 Å². The highest BCUT2D eigenvalue weighted by molar-refractivity contribution is 5.85. The number of rotatable bonds is 4. The molecule has 1 N–H and O–H groups in total. The van der Waals surface area contributed by atoms with E-state index in [9.17, 15) is 9.59 Å². The second-order valence-corrected chi connectivity index (χ2v) is 4.74. The van der Waals surface area contributed by atoms with E-state index in [0.29, 0.717) is 18.7 Å². The first-order valence-electron chi connectivity index (χ1n) is 6.64. The van der Waals surface area contributed by atoms with Gasteiger partial charge < -0.3 is 10.1 Å². The van der Waals surface area contributed by atoms with Crippen molar-refractivity contribution in [2.24, 2.45) is 0 Å². The summed E-state index contributed by atoms with van der Waals surface area (Å²) in [5.41, 5.74) is 1.63. The fraction of sp³-hybridized carbons (Fsp3) is 0.286. The van der Waals surface area contributed by atoms with Gasteiger partial charge in [-0.15, -0.1) is 5.10 Å². The summed E-state index contributed by atoms with van der Waals surface area (Å²) in [5, 5.41) is 10.6. The quantitative estimate of drug-likeness (QED) is 0.821. The van der Waals surface area contributed by atoms with E-state index in [1.54, 1.807) is 6.20 Å². The highest BCUT2D eigenvalue weighted by Crippen LogP contribution is 2.14. The van der Waals surface area contributed by atoms with E-state index < -0.39 is 6.04 Å². The lowest BCUT2D eigenvalue weighted by molar-refractivity contribution is -0.141. The fourth-order valence-corrected chi connectivity index (χ4v) is 2.13. The highest BCUT2D eigenvalue weighted by Gasteiger charge is 2.27. The van der Waals surface area contributed by atoms with E-state index in [-0.39, 0.29) is 18.4 Å². The van der Waals surface area contributed by atoms with Gasteiger partial charge >= 0.3 is 5.97 Å². The maximum atomic E-state index is 11.9. The minimum Gasteiger partial charge on any atom is -0.464 e. The smallest absolute Gasteiger partial charge is 0.328 e. The zero-order valence-corrected chi connectivity index (χ0v) is 11.2. The van der Waals surface area contributed by atoms with Crippen molar-refractivity contribution in [3.8, 4) is 11.3 Å². The lowest BCUT2D eigenvalue weighted by atomic mass is 10.2. The van der Waals surface area contributed by atoms with Gasteiger partial charge in [-0.05, 0) is 0 Å². The third-order valence-corrected chi connectivity index (χ3v) is 3.18. The molecule has 1 saturated heterocycles. The van der Waals surface area contributed by atoms with Gasteiger partial charge in [0.1, 0.15) is 18.3 Å². The van der Waals surface area contributed by atoms with Crippen molar-refractivity contribution < 1.29 is 14.3 Å². The molecule has 2 aromatic rings. The Kier molecular flexibility index (Phi) is 3.63. The zero-order chi connectivity index (χ0) is 14.7. The Morgan fingerprint density at radius 3 is 2.90 bits per heavy atom. The molecule has 0 saturated carbocycles. The van der Waals surface area contributed by atoms with Crippen LogP contribution in [-0.4, -0.2) is 39.5 Å². The predicted molar refractivity (Wildman–Crippen MR) is 73.0 cm³/mol. The first kappa shape index (κ1) is 13.3. The first-order chi connectivity index (χ1) is 10.2. The predicted octanol–water partition coefficient (Wildman–Crippen LogP) is 0.377. The van der Waals surface area contributed by atoms with Gasteiger partial charge in [-0.25, -0.2) is 9.48 Å². The Bertz CT molecular complexity index is 653. The first-order valence-corrected chi connectivity index (χ1v) is 6.64. The molecular formula is C14H14N4O3. The van der Waals surface area contributed by atoms with Gasteiger partial charge in [-0.1, -0.05) is 35.5 Å². The van der Waals surface area contributed by atoms with E-state index in [1.807, 2.05) is 30.3 Å². The van der Waals surface area contributed by atoms with Crippen LogP contribution in [0, 0.1) is 0 Å². The number of ether oxygens (including phenoxy) is 1. The van der Waals surface area contributed by atoms with Crippen LogP contribution in [0.2, 0.25) is 0 Å². The van der Waals surface area contributed by atoms with Gasteiger partial charge in [0.05, 0.1) is 12.8 Å². The number of nitrogens with zero attached hydrogens (tertiary/aromatic N) is 3. The van der Waals surface area contributed by atoms with Crippen molar-refractivity contribution in [1.29, 1.82) is 0 Å². The van der Waals surface area contributed by atoms with Gasteiger partial charge in [-0.3, -0.25) is 4.79 Å². The largest absolute Gasteiger partial charge is 0.464 e. The topological polar surface area (TPSA) is 86.1 Å². The molecule has 1 aromatic carbocycles. The van der Waals surface area contributed by atoms with Crippen LogP contribution in [0.1, 0.15) is 6.42 Å². The molecule has 3 rings (SSSR count). The Hall–Kier alpha value is -2.70. The number of esters is 1. The average Bonchev–Trinajstić information content (AvgIpc) is 3.10. The molecule has 7 heteroatoms. The molecule has 108 valence electrons. The minimum absolute atomic E-state index is 0.0175. The lowest BCUT2D eigenvalue weighted by Crippen LogP contribution is -2.39. The van der Waals surface area contributed by atoms with E-state index >= 15 is 0 Å². The molecule has 1 aromatic heterocycles.